The maximum Gasteiger partial charge on any atom is 0.239 e. The minimum Gasteiger partial charge on any atom is -0.394 e. The molecule has 1 rings (SSSR count). The van der Waals surface area contributed by atoms with Crippen LogP contribution in [0.2, 0.25) is 0 Å². The van der Waals surface area contributed by atoms with Crippen molar-refractivity contribution in [2.75, 3.05) is 6.61 Å². The van der Waals surface area contributed by atoms with Gasteiger partial charge in [0.15, 0.2) is 0 Å². The lowest BCUT2D eigenvalue weighted by Gasteiger charge is -2.17. The summed E-state index contributed by atoms with van der Waals surface area (Å²) in [5.74, 6) is -0.337. The highest BCUT2D eigenvalue weighted by molar-refractivity contribution is 5.81. The topological polar surface area (TPSA) is 75.4 Å². The zero-order valence-electron chi connectivity index (χ0n) is 9.60. The Hall–Kier alpha value is -1.39. The van der Waals surface area contributed by atoms with Crippen LogP contribution < -0.4 is 11.1 Å². The first-order chi connectivity index (χ1) is 7.54. The van der Waals surface area contributed by atoms with E-state index in [0.717, 1.165) is 11.1 Å². The first kappa shape index (κ1) is 12.7. The third kappa shape index (κ3) is 3.32. The lowest BCUT2D eigenvalue weighted by molar-refractivity contribution is -0.123. The van der Waals surface area contributed by atoms with E-state index in [1.807, 2.05) is 38.1 Å². The predicted octanol–water partition coefficient (Wildman–Crippen LogP) is 0.492. The number of amides is 1. The Morgan fingerprint density at radius 2 is 2.25 bits per heavy atom. The van der Waals surface area contributed by atoms with Gasteiger partial charge < -0.3 is 16.2 Å². The Bertz CT molecular complexity index is 366. The van der Waals surface area contributed by atoms with E-state index in [2.05, 4.69) is 5.32 Å². The molecule has 0 spiro atoms. The minimum atomic E-state index is -0.854. The Kier molecular flexibility index (Phi) is 4.46. The van der Waals surface area contributed by atoms with Gasteiger partial charge in [0.1, 0.15) is 6.04 Å². The van der Waals surface area contributed by atoms with E-state index < -0.39 is 6.04 Å². The van der Waals surface area contributed by atoms with Crippen molar-refractivity contribution in [1.82, 2.24) is 5.32 Å². The average molecular weight is 222 g/mol. The van der Waals surface area contributed by atoms with Crippen LogP contribution in [-0.4, -0.2) is 23.7 Å². The molecule has 1 aromatic carbocycles. The summed E-state index contributed by atoms with van der Waals surface area (Å²) in [6.45, 7) is 3.54. The smallest absolute Gasteiger partial charge is 0.239 e. The van der Waals surface area contributed by atoms with Crippen LogP contribution in [0.15, 0.2) is 24.3 Å². The number of carbonyl (C=O) groups is 1. The fourth-order valence-corrected chi connectivity index (χ4v) is 1.43. The molecule has 0 aromatic heterocycles. The van der Waals surface area contributed by atoms with E-state index in [0.29, 0.717) is 0 Å². The van der Waals surface area contributed by atoms with Crippen molar-refractivity contribution in [3.05, 3.63) is 35.4 Å². The van der Waals surface area contributed by atoms with Gasteiger partial charge >= 0.3 is 0 Å². The van der Waals surface area contributed by atoms with Crippen molar-refractivity contribution in [2.24, 2.45) is 5.73 Å². The summed E-state index contributed by atoms with van der Waals surface area (Å²) >= 11 is 0. The van der Waals surface area contributed by atoms with Gasteiger partial charge in [-0.25, -0.2) is 0 Å². The van der Waals surface area contributed by atoms with Gasteiger partial charge in [-0.1, -0.05) is 29.8 Å². The summed E-state index contributed by atoms with van der Waals surface area (Å²) in [7, 11) is 0. The molecule has 0 aliphatic heterocycles. The van der Waals surface area contributed by atoms with Crippen molar-refractivity contribution in [3.63, 3.8) is 0 Å². The van der Waals surface area contributed by atoms with E-state index in [1.165, 1.54) is 0 Å². The van der Waals surface area contributed by atoms with Gasteiger partial charge in [0, 0.05) is 0 Å². The molecular formula is C12H18N2O2. The molecule has 1 amide bonds. The molecule has 16 heavy (non-hydrogen) atoms. The van der Waals surface area contributed by atoms with Gasteiger partial charge in [-0.3, -0.25) is 4.79 Å². The number of carbonyl (C=O) groups excluding carboxylic acids is 1. The summed E-state index contributed by atoms with van der Waals surface area (Å²) < 4.78 is 0. The van der Waals surface area contributed by atoms with Crippen molar-refractivity contribution in [2.45, 2.75) is 25.9 Å². The van der Waals surface area contributed by atoms with Crippen LogP contribution in [0.5, 0.6) is 0 Å². The highest BCUT2D eigenvalue weighted by Crippen LogP contribution is 2.13. The Balaban J connectivity index is 2.65. The Morgan fingerprint density at radius 1 is 1.56 bits per heavy atom. The Morgan fingerprint density at radius 3 is 2.81 bits per heavy atom. The third-order valence-electron chi connectivity index (χ3n) is 2.43. The minimum absolute atomic E-state index is 0.106. The molecule has 0 saturated heterocycles. The van der Waals surface area contributed by atoms with E-state index in [-0.39, 0.29) is 18.6 Å². The van der Waals surface area contributed by atoms with E-state index in [1.54, 1.807) is 0 Å². The largest absolute Gasteiger partial charge is 0.394 e. The number of benzene rings is 1. The average Bonchev–Trinajstić information content (AvgIpc) is 2.27. The molecule has 0 bridgehead atoms. The zero-order valence-corrected chi connectivity index (χ0v) is 9.60. The van der Waals surface area contributed by atoms with Crippen LogP contribution in [0.3, 0.4) is 0 Å². The first-order valence-electron chi connectivity index (χ1n) is 5.28. The van der Waals surface area contributed by atoms with Crippen LogP contribution in [-0.2, 0) is 4.79 Å². The van der Waals surface area contributed by atoms with Gasteiger partial charge in [-0.05, 0) is 19.4 Å². The number of hydrogen-bond acceptors (Lipinski definition) is 3. The molecule has 0 fully saturated rings. The third-order valence-corrected chi connectivity index (χ3v) is 2.43. The lowest BCUT2D eigenvalue weighted by Crippen LogP contribution is -2.43. The number of nitrogens with one attached hydrogen (secondary N) is 1. The number of aryl methyl sites for hydroxylation is 1. The summed E-state index contributed by atoms with van der Waals surface area (Å²) in [6, 6.07) is 6.94. The highest BCUT2D eigenvalue weighted by atomic mass is 16.3. The fourth-order valence-electron chi connectivity index (χ4n) is 1.43. The van der Waals surface area contributed by atoms with Crippen LogP contribution in [0.4, 0.5) is 0 Å². The van der Waals surface area contributed by atoms with Gasteiger partial charge in [0.05, 0.1) is 12.6 Å². The molecule has 4 nitrogen and oxygen atoms in total. The van der Waals surface area contributed by atoms with Gasteiger partial charge in [-0.2, -0.15) is 0 Å². The number of hydrogen-bond donors (Lipinski definition) is 3. The second-order valence-corrected chi connectivity index (χ2v) is 3.93. The second kappa shape index (κ2) is 5.63. The molecule has 0 aliphatic rings. The standard InChI is InChI=1S/C12H18N2O2/c1-8-4-3-5-10(6-8)9(2)14-12(16)11(13)7-15/h3-6,9,11,15H,7,13H2,1-2H3,(H,14,16). The fraction of sp³-hybridized carbons (Fsp3) is 0.417. The SMILES string of the molecule is Cc1cccc(C(C)NC(=O)C(N)CO)c1. The van der Waals surface area contributed by atoms with Crippen LogP contribution in [0.1, 0.15) is 24.1 Å². The molecule has 0 heterocycles. The molecule has 0 saturated carbocycles. The molecular weight excluding hydrogens is 204 g/mol. The second-order valence-electron chi connectivity index (χ2n) is 3.93. The maximum absolute atomic E-state index is 11.4. The van der Waals surface area contributed by atoms with Gasteiger partial charge in [-0.15, -0.1) is 0 Å². The monoisotopic (exact) mass is 222 g/mol. The molecule has 88 valence electrons. The maximum atomic E-state index is 11.4. The normalized spacial score (nSPS) is 14.2. The molecule has 1 aromatic rings. The quantitative estimate of drug-likeness (QED) is 0.694. The number of aliphatic hydroxyl groups excluding tert-OH is 1. The van der Waals surface area contributed by atoms with E-state index >= 15 is 0 Å². The predicted molar refractivity (Wildman–Crippen MR) is 62.8 cm³/mol. The summed E-state index contributed by atoms with van der Waals surface area (Å²) in [5, 5.41) is 11.5. The van der Waals surface area contributed by atoms with Crippen LogP contribution in [0, 0.1) is 6.92 Å². The van der Waals surface area contributed by atoms with Crippen molar-refractivity contribution in [1.29, 1.82) is 0 Å². The van der Waals surface area contributed by atoms with E-state index in [9.17, 15) is 4.79 Å². The summed E-state index contributed by atoms with van der Waals surface area (Å²) in [4.78, 5) is 11.4. The van der Waals surface area contributed by atoms with E-state index in [4.69, 9.17) is 10.8 Å². The summed E-state index contributed by atoms with van der Waals surface area (Å²) in [5.41, 5.74) is 7.58. The Labute approximate surface area is 95.5 Å². The van der Waals surface area contributed by atoms with Crippen LogP contribution >= 0.6 is 0 Å². The lowest BCUT2D eigenvalue weighted by atomic mass is 10.1. The van der Waals surface area contributed by atoms with Gasteiger partial charge in [0.2, 0.25) is 5.91 Å². The molecule has 2 unspecified atom stereocenters. The zero-order chi connectivity index (χ0) is 12.1. The molecule has 2 atom stereocenters. The molecule has 0 radical (unpaired) electrons. The molecule has 0 aliphatic carbocycles. The van der Waals surface area contributed by atoms with Crippen molar-refractivity contribution in [3.8, 4) is 0 Å². The number of rotatable bonds is 4. The number of aliphatic hydroxyl groups is 1. The van der Waals surface area contributed by atoms with Crippen molar-refractivity contribution < 1.29 is 9.90 Å². The number of nitrogens with two attached hydrogens (primary N) is 1. The summed E-state index contributed by atoms with van der Waals surface area (Å²) in [6.07, 6.45) is 0. The van der Waals surface area contributed by atoms with Gasteiger partial charge in [0.25, 0.3) is 0 Å². The molecule has 4 N–H and O–H groups in total. The first-order valence-corrected chi connectivity index (χ1v) is 5.28. The molecule has 4 heteroatoms. The van der Waals surface area contributed by atoms with Crippen molar-refractivity contribution >= 4 is 5.91 Å². The van der Waals surface area contributed by atoms with Crippen LogP contribution in [0.25, 0.3) is 0 Å². The highest BCUT2D eigenvalue weighted by Gasteiger charge is 2.15.